The summed E-state index contributed by atoms with van der Waals surface area (Å²) in [6.45, 7) is 15.5. The average molecular weight is 643 g/mol. The third kappa shape index (κ3) is 7.64. The van der Waals surface area contributed by atoms with Gasteiger partial charge in [-0.3, -0.25) is 4.79 Å². The minimum atomic E-state index is -1.19. The highest BCUT2D eigenvalue weighted by Gasteiger charge is 2.37. The SMILES string of the molecule is CC(C)(C)OC(=O)NC[C@@H](C(=O)N1CCN2c3ncnc4c3c(cn4COCC[Si](C)(C)C)OC[C@@H]2C1)c1ccc(Cl)cc1. The zero-order valence-electron chi connectivity index (χ0n) is 26.4. The molecule has 0 bridgehead atoms. The number of benzene rings is 1. The zero-order valence-corrected chi connectivity index (χ0v) is 28.2. The first kappa shape index (κ1) is 32.1. The van der Waals surface area contributed by atoms with Crippen molar-refractivity contribution in [2.75, 3.05) is 44.3 Å². The molecule has 5 rings (SSSR count). The summed E-state index contributed by atoms with van der Waals surface area (Å²) in [6.07, 6.45) is 2.96. The van der Waals surface area contributed by atoms with Crippen LogP contribution in [0.4, 0.5) is 10.6 Å². The molecule has 0 radical (unpaired) electrons. The molecule has 44 heavy (non-hydrogen) atoms. The Balaban J connectivity index is 1.31. The number of ether oxygens (including phenoxy) is 3. The molecule has 2 amide bonds. The van der Waals surface area contributed by atoms with Crippen LogP contribution in [0.3, 0.4) is 0 Å². The fraction of sp³-hybridized carbons (Fsp3) is 0.548. The van der Waals surface area contributed by atoms with E-state index in [0.29, 0.717) is 44.6 Å². The number of nitrogens with one attached hydrogen (secondary N) is 1. The Bertz CT molecular complexity index is 1490. The highest BCUT2D eigenvalue weighted by Crippen LogP contribution is 2.38. The predicted molar refractivity (Wildman–Crippen MR) is 173 cm³/mol. The summed E-state index contributed by atoms with van der Waals surface area (Å²) >= 11 is 6.13. The summed E-state index contributed by atoms with van der Waals surface area (Å²) in [7, 11) is -1.19. The first-order valence-electron chi connectivity index (χ1n) is 15.1. The normalized spacial score (nSPS) is 17.5. The van der Waals surface area contributed by atoms with Gasteiger partial charge in [-0.15, -0.1) is 0 Å². The number of alkyl carbamates (subject to hydrolysis) is 1. The van der Waals surface area contributed by atoms with Crippen LogP contribution in [-0.4, -0.2) is 90.5 Å². The molecule has 0 saturated carbocycles. The molecule has 13 heteroatoms. The van der Waals surface area contributed by atoms with E-state index in [9.17, 15) is 9.59 Å². The lowest BCUT2D eigenvalue weighted by molar-refractivity contribution is -0.133. The molecule has 2 atom stereocenters. The van der Waals surface area contributed by atoms with Gasteiger partial charge in [0.15, 0.2) is 5.65 Å². The Kier molecular flexibility index (Phi) is 9.43. The third-order valence-corrected chi connectivity index (χ3v) is 9.70. The van der Waals surface area contributed by atoms with Crippen LogP contribution < -0.4 is 15.0 Å². The van der Waals surface area contributed by atoms with Gasteiger partial charge in [0.1, 0.15) is 42.2 Å². The third-order valence-electron chi connectivity index (χ3n) is 7.74. The van der Waals surface area contributed by atoms with E-state index < -0.39 is 25.7 Å². The number of piperazine rings is 1. The van der Waals surface area contributed by atoms with Gasteiger partial charge in [-0.25, -0.2) is 14.8 Å². The fourth-order valence-electron chi connectivity index (χ4n) is 5.47. The summed E-state index contributed by atoms with van der Waals surface area (Å²) in [6, 6.07) is 8.14. The molecule has 1 fully saturated rings. The summed E-state index contributed by atoms with van der Waals surface area (Å²) < 4.78 is 19.7. The summed E-state index contributed by atoms with van der Waals surface area (Å²) in [5.74, 6) is 0.835. The number of hydrogen-bond donors (Lipinski definition) is 1. The van der Waals surface area contributed by atoms with Crippen molar-refractivity contribution in [2.24, 2.45) is 0 Å². The van der Waals surface area contributed by atoms with E-state index in [1.165, 1.54) is 0 Å². The number of hydrogen-bond acceptors (Lipinski definition) is 8. The number of rotatable bonds is 9. The smallest absolute Gasteiger partial charge is 0.407 e. The number of amides is 2. The molecule has 1 saturated heterocycles. The van der Waals surface area contributed by atoms with Crippen LogP contribution in [0.1, 0.15) is 32.3 Å². The monoisotopic (exact) mass is 642 g/mol. The van der Waals surface area contributed by atoms with Crippen LogP contribution in [0.25, 0.3) is 11.0 Å². The van der Waals surface area contributed by atoms with Gasteiger partial charge in [-0.1, -0.05) is 43.4 Å². The number of carbonyl (C=O) groups excluding carboxylic acids is 2. The van der Waals surface area contributed by atoms with Crippen molar-refractivity contribution in [3.05, 3.63) is 47.4 Å². The van der Waals surface area contributed by atoms with Crippen molar-refractivity contribution in [3.8, 4) is 5.75 Å². The molecule has 3 aromatic rings. The van der Waals surface area contributed by atoms with Crippen molar-refractivity contribution in [3.63, 3.8) is 0 Å². The van der Waals surface area contributed by atoms with Crippen molar-refractivity contribution in [2.45, 2.75) is 70.7 Å². The molecule has 0 aliphatic carbocycles. The van der Waals surface area contributed by atoms with Gasteiger partial charge in [0.2, 0.25) is 5.91 Å². The van der Waals surface area contributed by atoms with Crippen molar-refractivity contribution < 1.29 is 23.8 Å². The quantitative estimate of drug-likeness (QED) is 0.253. The van der Waals surface area contributed by atoms with Gasteiger partial charge in [0, 0.05) is 45.9 Å². The summed E-state index contributed by atoms with van der Waals surface area (Å²) in [4.78, 5) is 39.8. The number of anilines is 1. The Hall–Kier alpha value is -3.35. The molecule has 1 aromatic carbocycles. The van der Waals surface area contributed by atoms with Crippen LogP contribution in [0.15, 0.2) is 36.8 Å². The molecule has 238 valence electrons. The Morgan fingerprint density at radius 1 is 1.16 bits per heavy atom. The van der Waals surface area contributed by atoms with E-state index in [-0.39, 0.29) is 18.5 Å². The molecule has 0 spiro atoms. The van der Waals surface area contributed by atoms with Gasteiger partial charge in [-0.05, 0) is 44.5 Å². The minimum Gasteiger partial charge on any atom is -0.489 e. The maximum Gasteiger partial charge on any atom is 0.407 e. The van der Waals surface area contributed by atoms with Crippen molar-refractivity contribution in [1.82, 2.24) is 24.8 Å². The van der Waals surface area contributed by atoms with Crippen LogP contribution in [0, 0.1) is 0 Å². The zero-order chi connectivity index (χ0) is 31.6. The first-order valence-corrected chi connectivity index (χ1v) is 19.2. The first-order chi connectivity index (χ1) is 20.8. The van der Waals surface area contributed by atoms with E-state index in [0.717, 1.165) is 34.2 Å². The van der Waals surface area contributed by atoms with Crippen LogP contribution in [-0.2, 0) is 21.0 Å². The van der Waals surface area contributed by atoms with E-state index >= 15 is 0 Å². The second-order valence-electron chi connectivity index (χ2n) is 13.6. The number of fused-ring (bicyclic) bond motifs is 2. The van der Waals surface area contributed by atoms with E-state index in [1.54, 1.807) is 39.2 Å². The fourth-order valence-corrected chi connectivity index (χ4v) is 6.35. The van der Waals surface area contributed by atoms with Gasteiger partial charge in [-0.2, -0.15) is 0 Å². The van der Waals surface area contributed by atoms with Gasteiger partial charge in [0.25, 0.3) is 0 Å². The molecular weight excluding hydrogens is 600 g/mol. The van der Waals surface area contributed by atoms with E-state index in [4.69, 9.17) is 25.8 Å². The minimum absolute atomic E-state index is 0.0830. The summed E-state index contributed by atoms with van der Waals surface area (Å²) in [5.41, 5.74) is 0.894. The molecule has 4 heterocycles. The lowest BCUT2D eigenvalue weighted by Crippen LogP contribution is -2.58. The highest BCUT2D eigenvalue weighted by molar-refractivity contribution is 6.76. The highest BCUT2D eigenvalue weighted by atomic mass is 35.5. The summed E-state index contributed by atoms with van der Waals surface area (Å²) in [5, 5.41) is 4.23. The largest absolute Gasteiger partial charge is 0.489 e. The lowest BCUT2D eigenvalue weighted by Gasteiger charge is -2.42. The molecule has 1 N–H and O–H groups in total. The molecule has 2 aliphatic rings. The van der Waals surface area contributed by atoms with Gasteiger partial charge >= 0.3 is 6.09 Å². The number of aromatic nitrogens is 3. The Morgan fingerprint density at radius 2 is 1.91 bits per heavy atom. The lowest BCUT2D eigenvalue weighted by atomic mass is 9.96. The van der Waals surface area contributed by atoms with Crippen LogP contribution in [0.5, 0.6) is 5.75 Å². The average Bonchev–Trinajstić information content (AvgIpc) is 3.22. The van der Waals surface area contributed by atoms with Gasteiger partial charge < -0.3 is 33.9 Å². The van der Waals surface area contributed by atoms with Crippen LogP contribution >= 0.6 is 11.6 Å². The van der Waals surface area contributed by atoms with Crippen molar-refractivity contribution >= 4 is 48.5 Å². The number of carbonyl (C=O) groups is 2. The van der Waals surface area contributed by atoms with E-state index in [2.05, 4.69) is 39.8 Å². The second kappa shape index (κ2) is 12.9. The maximum absolute atomic E-state index is 14.0. The molecule has 0 unspecified atom stereocenters. The Labute approximate surface area is 264 Å². The van der Waals surface area contributed by atoms with Crippen molar-refractivity contribution in [1.29, 1.82) is 0 Å². The molecule has 2 aliphatic heterocycles. The number of nitrogens with zero attached hydrogens (tertiary/aromatic N) is 5. The molecule has 11 nitrogen and oxygen atoms in total. The topological polar surface area (TPSA) is 111 Å². The maximum atomic E-state index is 14.0. The van der Waals surface area contributed by atoms with E-state index in [1.807, 2.05) is 27.8 Å². The standard InChI is InChI=1S/C31H43ClN6O5Si/c1-31(2,3)43-30(40)33-15-24(21-7-9-22(32)10-8-21)29(39)36-11-12-38-23(16-36)18-42-25-17-37(20-41-13-14-44(4,5)6)27-26(25)28(38)35-19-34-27/h7-10,17,19,23-24H,11-16,18,20H2,1-6H3,(H,33,40)/t23-,24+/m0/s1. The van der Waals surface area contributed by atoms with Gasteiger partial charge in [0.05, 0.1) is 18.2 Å². The Morgan fingerprint density at radius 3 is 2.61 bits per heavy atom. The number of halogens is 1. The second-order valence-corrected chi connectivity index (χ2v) is 19.7. The molecule has 2 aromatic heterocycles. The van der Waals surface area contributed by atoms with Crippen LogP contribution in [0.2, 0.25) is 30.7 Å². The predicted octanol–water partition coefficient (Wildman–Crippen LogP) is 5.12. The molecular formula is C31H43ClN6O5Si.